The van der Waals surface area contributed by atoms with Crippen molar-refractivity contribution in [2.24, 2.45) is 0 Å². The van der Waals surface area contributed by atoms with Crippen LogP contribution in [0.3, 0.4) is 0 Å². The molecule has 0 fully saturated rings. The third kappa shape index (κ3) is 2.13. The number of nitrogen functional groups attached to an aromatic ring is 1. The number of hydrogen-bond donors (Lipinski definition) is 1. The molecule has 2 aromatic heterocycles. The van der Waals surface area contributed by atoms with Crippen LogP contribution >= 0.6 is 23.2 Å². The van der Waals surface area contributed by atoms with Gasteiger partial charge in [0, 0.05) is 10.7 Å². The van der Waals surface area contributed by atoms with Crippen LogP contribution in [0.5, 0.6) is 0 Å². The highest BCUT2D eigenvalue weighted by Crippen LogP contribution is 2.35. The summed E-state index contributed by atoms with van der Waals surface area (Å²) in [6.45, 7) is 1.89. The molecule has 96 valence electrons. The molecule has 2 N–H and O–H groups in total. The second-order valence-electron chi connectivity index (χ2n) is 4.14. The molecule has 0 aliphatic carbocycles. The lowest BCUT2D eigenvalue weighted by molar-refractivity contribution is 0.620. The second kappa shape index (κ2) is 4.40. The van der Waals surface area contributed by atoms with Crippen molar-refractivity contribution in [2.45, 2.75) is 6.92 Å². The number of anilines is 1. The van der Waals surface area contributed by atoms with Crippen molar-refractivity contribution in [1.29, 1.82) is 0 Å². The number of hydrogen-bond acceptors (Lipinski definition) is 4. The van der Waals surface area contributed by atoms with E-state index in [1.165, 1.54) is 0 Å². The summed E-state index contributed by atoms with van der Waals surface area (Å²) in [4.78, 5) is 8.60. The summed E-state index contributed by atoms with van der Waals surface area (Å²) in [5.74, 6) is 0.356. The standard InChI is InChI=1S/C13H9Cl2N3O/c1-6-2-3-10-12(17-6)18-13(19-10)8-4-7(14)5-9(15)11(8)16/h2-5H,16H2,1H3. The number of nitrogens with zero attached hydrogens (tertiary/aromatic N) is 2. The topological polar surface area (TPSA) is 64.9 Å². The molecule has 0 spiro atoms. The highest BCUT2D eigenvalue weighted by atomic mass is 35.5. The van der Waals surface area contributed by atoms with E-state index in [0.29, 0.717) is 38.4 Å². The molecule has 0 radical (unpaired) electrons. The number of aromatic nitrogens is 2. The average molecular weight is 294 g/mol. The summed E-state index contributed by atoms with van der Waals surface area (Å²) in [7, 11) is 0. The first-order valence-electron chi connectivity index (χ1n) is 5.53. The minimum Gasteiger partial charge on any atom is -0.434 e. The lowest BCUT2D eigenvalue weighted by Crippen LogP contribution is -1.91. The zero-order chi connectivity index (χ0) is 13.6. The quantitative estimate of drug-likeness (QED) is 0.686. The van der Waals surface area contributed by atoms with E-state index in [0.717, 1.165) is 5.69 Å². The van der Waals surface area contributed by atoms with Gasteiger partial charge in [0.15, 0.2) is 11.2 Å². The lowest BCUT2D eigenvalue weighted by atomic mass is 10.2. The summed E-state index contributed by atoms with van der Waals surface area (Å²) in [5, 5.41) is 0.842. The van der Waals surface area contributed by atoms with E-state index in [9.17, 15) is 0 Å². The first-order valence-corrected chi connectivity index (χ1v) is 6.29. The van der Waals surface area contributed by atoms with E-state index >= 15 is 0 Å². The molecule has 19 heavy (non-hydrogen) atoms. The minimum atomic E-state index is 0.356. The summed E-state index contributed by atoms with van der Waals surface area (Å²) in [6, 6.07) is 6.91. The van der Waals surface area contributed by atoms with Crippen molar-refractivity contribution in [2.75, 3.05) is 5.73 Å². The van der Waals surface area contributed by atoms with Crippen LogP contribution in [0.4, 0.5) is 5.69 Å². The van der Waals surface area contributed by atoms with Crippen LogP contribution < -0.4 is 5.73 Å². The van der Waals surface area contributed by atoms with Crippen molar-refractivity contribution >= 4 is 40.1 Å². The first kappa shape index (κ1) is 12.3. The largest absolute Gasteiger partial charge is 0.434 e. The van der Waals surface area contributed by atoms with Gasteiger partial charge in [-0.15, -0.1) is 0 Å². The third-order valence-electron chi connectivity index (χ3n) is 2.72. The van der Waals surface area contributed by atoms with E-state index in [1.54, 1.807) is 12.1 Å². The number of rotatable bonds is 1. The molecule has 0 aliphatic rings. The van der Waals surface area contributed by atoms with Crippen molar-refractivity contribution in [1.82, 2.24) is 9.97 Å². The fourth-order valence-corrected chi connectivity index (χ4v) is 2.28. The number of halogens is 2. The highest BCUT2D eigenvalue weighted by molar-refractivity contribution is 6.37. The molecule has 1 aromatic carbocycles. The molecular formula is C13H9Cl2N3O. The molecular weight excluding hydrogens is 285 g/mol. The van der Waals surface area contributed by atoms with Gasteiger partial charge in [0.05, 0.1) is 16.3 Å². The Hall–Kier alpha value is -1.78. The van der Waals surface area contributed by atoms with E-state index in [4.69, 9.17) is 33.4 Å². The Balaban J connectivity index is 2.24. The van der Waals surface area contributed by atoms with Crippen LogP contribution in [0.25, 0.3) is 22.7 Å². The van der Waals surface area contributed by atoms with Crippen LogP contribution in [0.15, 0.2) is 28.7 Å². The second-order valence-corrected chi connectivity index (χ2v) is 4.99. The van der Waals surface area contributed by atoms with Gasteiger partial charge in [0.25, 0.3) is 0 Å². The molecule has 0 atom stereocenters. The van der Waals surface area contributed by atoms with Gasteiger partial charge in [-0.1, -0.05) is 23.2 Å². The third-order valence-corrected chi connectivity index (χ3v) is 3.25. The molecule has 0 bridgehead atoms. The number of nitrogens with two attached hydrogens (primary N) is 1. The SMILES string of the molecule is Cc1ccc2oc(-c3cc(Cl)cc(Cl)c3N)nc2n1. The summed E-state index contributed by atoms with van der Waals surface area (Å²) in [6.07, 6.45) is 0. The average Bonchev–Trinajstić information content (AvgIpc) is 2.76. The van der Waals surface area contributed by atoms with Gasteiger partial charge in [0.2, 0.25) is 5.89 Å². The molecule has 4 nitrogen and oxygen atoms in total. The molecule has 6 heteroatoms. The normalized spacial score (nSPS) is 11.1. The van der Waals surface area contributed by atoms with Gasteiger partial charge in [-0.2, -0.15) is 4.98 Å². The number of pyridine rings is 1. The monoisotopic (exact) mass is 293 g/mol. The van der Waals surface area contributed by atoms with Gasteiger partial charge in [0.1, 0.15) is 0 Å². The molecule has 0 amide bonds. The van der Waals surface area contributed by atoms with Crippen molar-refractivity contribution in [3.63, 3.8) is 0 Å². The molecule has 3 rings (SSSR count). The summed E-state index contributed by atoms with van der Waals surface area (Å²) in [5.41, 5.74) is 8.86. The van der Waals surface area contributed by atoms with Crippen LogP contribution in [0.2, 0.25) is 10.0 Å². The Labute approximate surface area is 119 Å². The number of fused-ring (bicyclic) bond motifs is 1. The van der Waals surface area contributed by atoms with Crippen molar-refractivity contribution in [3.8, 4) is 11.5 Å². The Kier molecular flexibility index (Phi) is 2.84. The smallest absolute Gasteiger partial charge is 0.231 e. The van der Waals surface area contributed by atoms with Gasteiger partial charge < -0.3 is 10.2 Å². The fourth-order valence-electron chi connectivity index (χ4n) is 1.79. The van der Waals surface area contributed by atoms with E-state index in [1.807, 2.05) is 19.1 Å². The molecule has 0 aliphatic heterocycles. The van der Waals surface area contributed by atoms with Gasteiger partial charge in [-0.05, 0) is 31.2 Å². The van der Waals surface area contributed by atoms with Crippen molar-refractivity contribution < 1.29 is 4.42 Å². The first-order chi connectivity index (χ1) is 9.04. The zero-order valence-corrected chi connectivity index (χ0v) is 11.5. The molecule has 2 heterocycles. The highest BCUT2D eigenvalue weighted by Gasteiger charge is 2.15. The Morgan fingerprint density at radius 2 is 1.95 bits per heavy atom. The van der Waals surface area contributed by atoms with Gasteiger partial charge in [-0.25, -0.2) is 4.98 Å². The summed E-state index contributed by atoms with van der Waals surface area (Å²) < 4.78 is 5.63. The number of oxazole rings is 1. The Morgan fingerprint density at radius 3 is 2.74 bits per heavy atom. The Morgan fingerprint density at radius 1 is 1.16 bits per heavy atom. The summed E-state index contributed by atoms with van der Waals surface area (Å²) >= 11 is 12.0. The maximum atomic E-state index is 6.00. The van der Waals surface area contributed by atoms with Crippen LogP contribution in [-0.4, -0.2) is 9.97 Å². The predicted molar refractivity (Wildman–Crippen MR) is 76.4 cm³/mol. The van der Waals surface area contributed by atoms with Crippen LogP contribution in [0, 0.1) is 6.92 Å². The maximum absolute atomic E-state index is 6.00. The predicted octanol–water partition coefficient (Wildman–Crippen LogP) is 4.09. The van der Waals surface area contributed by atoms with Crippen LogP contribution in [-0.2, 0) is 0 Å². The fraction of sp³-hybridized carbons (Fsp3) is 0.0769. The number of aryl methyl sites for hydroxylation is 1. The van der Waals surface area contributed by atoms with Crippen LogP contribution in [0.1, 0.15) is 5.69 Å². The minimum absolute atomic E-state index is 0.356. The zero-order valence-electron chi connectivity index (χ0n) is 9.95. The number of benzene rings is 1. The maximum Gasteiger partial charge on any atom is 0.231 e. The van der Waals surface area contributed by atoms with Gasteiger partial charge in [-0.3, -0.25) is 0 Å². The van der Waals surface area contributed by atoms with E-state index < -0.39 is 0 Å². The van der Waals surface area contributed by atoms with Gasteiger partial charge >= 0.3 is 0 Å². The molecule has 0 unspecified atom stereocenters. The lowest BCUT2D eigenvalue weighted by Gasteiger charge is -2.04. The van der Waals surface area contributed by atoms with Crippen molar-refractivity contribution in [3.05, 3.63) is 40.0 Å². The molecule has 0 saturated heterocycles. The Bertz CT molecular complexity index is 783. The molecule has 3 aromatic rings. The molecule has 0 saturated carbocycles. The van der Waals surface area contributed by atoms with E-state index in [2.05, 4.69) is 9.97 Å². The van der Waals surface area contributed by atoms with E-state index in [-0.39, 0.29) is 0 Å².